The number of rotatable bonds is 22. The average molecular weight is 851 g/mol. The lowest BCUT2D eigenvalue weighted by atomic mass is 9.77. The zero-order chi connectivity index (χ0) is 45.0. The summed E-state index contributed by atoms with van der Waals surface area (Å²) in [5.74, 6) is 0.529. The zero-order valence-corrected chi connectivity index (χ0v) is 40.8. The van der Waals surface area contributed by atoms with Crippen molar-refractivity contribution in [2.75, 3.05) is 22.9 Å². The Balaban J connectivity index is 1.47. The maximum atomic E-state index is 15.4. The van der Waals surface area contributed by atoms with E-state index >= 15 is 9.59 Å². The summed E-state index contributed by atoms with van der Waals surface area (Å²) < 4.78 is 26.2. The van der Waals surface area contributed by atoms with Crippen LogP contribution >= 0.6 is 0 Å². The summed E-state index contributed by atoms with van der Waals surface area (Å²) in [7, 11) is -1.14. The smallest absolute Gasteiger partial charge is 0.399 e. The Morgan fingerprint density at radius 2 is 0.790 bits per heavy atom. The highest BCUT2D eigenvalue weighted by Crippen LogP contribution is 2.48. The fourth-order valence-corrected chi connectivity index (χ4v) is 9.66. The monoisotopic (exact) mass is 851 g/mol. The molecule has 340 valence electrons. The predicted molar refractivity (Wildman–Crippen MR) is 259 cm³/mol. The van der Waals surface area contributed by atoms with Crippen LogP contribution in [0.25, 0.3) is 11.1 Å². The molecule has 2 fully saturated rings. The van der Waals surface area contributed by atoms with Crippen molar-refractivity contribution >= 4 is 59.5 Å². The van der Waals surface area contributed by atoms with Crippen LogP contribution in [0.1, 0.15) is 197 Å². The van der Waals surface area contributed by atoms with Crippen molar-refractivity contribution in [1.29, 1.82) is 0 Å². The molecule has 0 aromatic heterocycles. The van der Waals surface area contributed by atoms with E-state index in [1.807, 2.05) is 34.1 Å². The number of hydrogen-bond acceptors (Lipinski definition) is 6. The quantitative estimate of drug-likeness (QED) is 0.0667. The third-order valence-electron chi connectivity index (χ3n) is 15.1. The maximum Gasteiger partial charge on any atom is 0.494 e. The van der Waals surface area contributed by atoms with Crippen molar-refractivity contribution in [3.63, 3.8) is 0 Å². The van der Waals surface area contributed by atoms with Crippen LogP contribution in [-0.4, -0.2) is 61.5 Å². The summed E-state index contributed by atoms with van der Waals surface area (Å²) in [4.78, 5) is 34.8. The number of anilines is 2. The summed E-state index contributed by atoms with van der Waals surface area (Å²) in [5.41, 5.74) is 4.07. The van der Waals surface area contributed by atoms with Gasteiger partial charge in [-0.3, -0.25) is 9.59 Å². The molecule has 0 saturated carbocycles. The summed E-state index contributed by atoms with van der Waals surface area (Å²) >= 11 is 0. The number of nitrogens with zero attached hydrogens (tertiary/aromatic N) is 2. The van der Waals surface area contributed by atoms with Gasteiger partial charge in [0.1, 0.15) is 0 Å². The molecule has 4 aliphatic heterocycles. The lowest BCUT2D eigenvalue weighted by molar-refractivity contribution is -0.114. The first kappa shape index (κ1) is 48.5. The molecule has 4 aliphatic rings. The van der Waals surface area contributed by atoms with Crippen molar-refractivity contribution in [3.05, 3.63) is 47.5 Å². The molecule has 62 heavy (non-hydrogen) atoms. The third kappa shape index (κ3) is 10.1. The van der Waals surface area contributed by atoms with Crippen LogP contribution < -0.4 is 20.7 Å². The van der Waals surface area contributed by atoms with Crippen LogP contribution in [0.5, 0.6) is 0 Å². The van der Waals surface area contributed by atoms with E-state index in [-0.39, 0.29) is 11.8 Å². The molecule has 8 nitrogen and oxygen atoms in total. The fourth-order valence-electron chi connectivity index (χ4n) is 9.66. The number of fused-ring (bicyclic) bond motifs is 2. The largest absolute Gasteiger partial charge is 0.494 e. The van der Waals surface area contributed by atoms with Crippen LogP contribution in [0.15, 0.2) is 36.4 Å². The highest BCUT2D eigenvalue weighted by Gasteiger charge is 2.54. The summed E-state index contributed by atoms with van der Waals surface area (Å²) in [5, 5.41) is 0. The van der Waals surface area contributed by atoms with E-state index in [1.54, 1.807) is 0 Å². The van der Waals surface area contributed by atoms with Crippen molar-refractivity contribution in [1.82, 2.24) is 0 Å². The molecule has 2 atom stereocenters. The molecule has 2 saturated heterocycles. The number of amides is 2. The number of unbranched alkanes of at least 4 members (excludes halogenated alkanes) is 8. The minimum atomic E-state index is -0.570. The van der Waals surface area contributed by atoms with E-state index in [9.17, 15) is 0 Å². The van der Waals surface area contributed by atoms with Crippen LogP contribution in [0.4, 0.5) is 11.4 Å². The summed E-state index contributed by atoms with van der Waals surface area (Å²) in [6.07, 6.45) is 18.3. The van der Waals surface area contributed by atoms with Gasteiger partial charge in [-0.1, -0.05) is 129 Å². The number of hydrogen-bond donors (Lipinski definition) is 0. The van der Waals surface area contributed by atoms with Crippen molar-refractivity contribution in [3.8, 4) is 0 Å². The Bertz CT molecular complexity index is 1750. The van der Waals surface area contributed by atoms with Gasteiger partial charge in [-0.25, -0.2) is 0 Å². The maximum absolute atomic E-state index is 15.4. The zero-order valence-electron chi connectivity index (χ0n) is 40.8. The van der Waals surface area contributed by atoms with Crippen molar-refractivity contribution in [2.24, 2.45) is 11.8 Å². The van der Waals surface area contributed by atoms with Crippen LogP contribution in [0.3, 0.4) is 0 Å². The van der Waals surface area contributed by atoms with E-state index < -0.39 is 36.6 Å². The molecular weight excluding hydrogens is 770 g/mol. The molecule has 0 bridgehead atoms. The van der Waals surface area contributed by atoms with Crippen LogP contribution in [0.2, 0.25) is 0 Å². The molecule has 10 heteroatoms. The number of benzene rings is 2. The first-order valence-corrected chi connectivity index (χ1v) is 24.8. The lowest BCUT2D eigenvalue weighted by Gasteiger charge is -2.32. The SMILES string of the molecule is CCCCCCC(CCCC)CN1C(=O)/C(=C2/C(=O)N(CC(CCCC)CCCCCC)c3cc(B4OC(C)(C)C(C)(C)O4)ccc32)c2ccc(B3OC(C)(C)C(C)(C)O3)cc21. The minimum absolute atomic E-state index is 0.0885. The van der Waals surface area contributed by atoms with Crippen molar-refractivity contribution < 1.29 is 28.2 Å². The Hall–Kier alpha value is -2.91. The normalized spacial score (nSPS) is 21.9. The van der Waals surface area contributed by atoms with Gasteiger partial charge in [0.05, 0.1) is 44.9 Å². The van der Waals surface area contributed by atoms with Crippen LogP contribution in [0, 0.1) is 11.8 Å². The van der Waals surface area contributed by atoms with Gasteiger partial charge in [-0.2, -0.15) is 0 Å². The number of carbonyl (C=O) groups is 2. The molecule has 0 N–H and O–H groups in total. The van der Waals surface area contributed by atoms with Gasteiger partial charge in [-0.15, -0.1) is 0 Å². The second-order valence-electron chi connectivity index (χ2n) is 21.0. The molecule has 0 radical (unpaired) electrons. The molecular formula is C52H80B2N2O6. The molecule has 2 aromatic carbocycles. The average Bonchev–Trinajstić information content (AvgIpc) is 3.81. The molecule has 6 rings (SSSR count). The molecule has 2 unspecified atom stereocenters. The lowest BCUT2D eigenvalue weighted by Crippen LogP contribution is -2.41. The molecule has 4 heterocycles. The Kier molecular flexibility index (Phi) is 15.7. The summed E-state index contributed by atoms with van der Waals surface area (Å²) in [6, 6.07) is 12.4. The van der Waals surface area contributed by atoms with Gasteiger partial charge in [-0.05, 0) is 116 Å². The molecule has 0 aliphatic carbocycles. The van der Waals surface area contributed by atoms with Gasteiger partial charge in [0.2, 0.25) is 0 Å². The Labute approximate surface area is 376 Å². The predicted octanol–water partition coefficient (Wildman–Crippen LogP) is 11.4. The van der Waals surface area contributed by atoms with E-state index in [4.69, 9.17) is 18.6 Å². The fraction of sp³-hybridized carbons (Fsp3) is 0.692. The Morgan fingerprint density at radius 3 is 1.11 bits per heavy atom. The van der Waals surface area contributed by atoms with Gasteiger partial charge >= 0.3 is 14.2 Å². The molecule has 0 spiro atoms. The Morgan fingerprint density at radius 1 is 0.468 bits per heavy atom. The van der Waals surface area contributed by atoms with E-state index in [2.05, 4.69) is 95.2 Å². The van der Waals surface area contributed by atoms with Gasteiger partial charge < -0.3 is 28.4 Å². The van der Waals surface area contributed by atoms with E-state index in [0.29, 0.717) is 36.1 Å². The first-order valence-electron chi connectivity index (χ1n) is 24.8. The minimum Gasteiger partial charge on any atom is -0.399 e. The highest BCUT2D eigenvalue weighted by molar-refractivity contribution is 6.63. The second kappa shape index (κ2) is 20.1. The van der Waals surface area contributed by atoms with Crippen molar-refractivity contribution in [2.45, 2.75) is 208 Å². The summed E-state index contributed by atoms with van der Waals surface area (Å²) in [6.45, 7) is 26.8. The first-order chi connectivity index (χ1) is 29.4. The van der Waals surface area contributed by atoms with Gasteiger partial charge in [0.25, 0.3) is 11.8 Å². The molecule has 2 amide bonds. The third-order valence-corrected chi connectivity index (χ3v) is 15.1. The van der Waals surface area contributed by atoms with Gasteiger partial charge in [0, 0.05) is 24.2 Å². The van der Waals surface area contributed by atoms with E-state index in [0.717, 1.165) is 97.6 Å². The van der Waals surface area contributed by atoms with E-state index in [1.165, 1.54) is 38.5 Å². The topological polar surface area (TPSA) is 77.5 Å². The standard InChI is InChI=1S/C52H80B2N2O6/c1-13-17-21-23-27-37(25-19-15-3)35-55-43-33-39(53-59-49(5,6)50(7,8)60-53)29-31-41(43)45(47(55)57)46-42-32-30-40(54-61-51(9,10)52(11,12)62-54)34-44(42)56(48(46)58)36-38(26-20-16-4)28-24-22-18-14-2/h29-34,37-38H,13-28,35-36H2,1-12H3/b46-45+. The second-order valence-corrected chi connectivity index (χ2v) is 21.0. The van der Waals surface area contributed by atoms with Crippen LogP contribution in [-0.2, 0) is 28.2 Å². The van der Waals surface area contributed by atoms with Gasteiger partial charge in [0.15, 0.2) is 0 Å². The number of carbonyl (C=O) groups excluding carboxylic acids is 2. The molecule has 2 aromatic rings. The highest BCUT2D eigenvalue weighted by atomic mass is 16.7.